The summed E-state index contributed by atoms with van der Waals surface area (Å²) in [4.78, 5) is -0.0733. The smallest absolute Gasteiger partial charge is 0.251 e. The van der Waals surface area contributed by atoms with Crippen molar-refractivity contribution in [3.05, 3.63) is 28.8 Å². The highest BCUT2D eigenvalue weighted by Gasteiger charge is 2.17. The van der Waals surface area contributed by atoms with Crippen LogP contribution in [0.2, 0.25) is 5.02 Å². The Hall–Kier alpha value is -0.760. The van der Waals surface area contributed by atoms with E-state index < -0.39 is 23.0 Å². The molecule has 0 atom stereocenters. The van der Waals surface area contributed by atoms with Gasteiger partial charge >= 0.3 is 0 Å². The Kier molecular flexibility index (Phi) is 6.81. The van der Waals surface area contributed by atoms with E-state index in [1.54, 1.807) is 0 Å². The summed E-state index contributed by atoms with van der Waals surface area (Å²) in [6.45, 7) is 2.29. The van der Waals surface area contributed by atoms with E-state index in [-0.39, 0.29) is 4.90 Å². The fourth-order valence-corrected chi connectivity index (χ4v) is 2.75. The topological polar surface area (TPSA) is 58.2 Å². The number of hydrogen-bond donors (Lipinski definition) is 2. The highest BCUT2D eigenvalue weighted by molar-refractivity contribution is 7.89. The monoisotopic (exact) mass is 326 g/mol. The van der Waals surface area contributed by atoms with Crippen molar-refractivity contribution in [2.75, 3.05) is 13.1 Å². The number of benzene rings is 1. The maximum Gasteiger partial charge on any atom is 0.251 e. The lowest BCUT2D eigenvalue weighted by atomic mass is 10.2. The summed E-state index contributed by atoms with van der Waals surface area (Å²) in [7, 11) is -3.94. The minimum atomic E-state index is -3.94. The lowest BCUT2D eigenvalue weighted by molar-refractivity contribution is 0.153. The molecular formula is C12H17ClF2N2O2S. The van der Waals surface area contributed by atoms with Crippen molar-refractivity contribution >= 4 is 21.6 Å². The summed E-state index contributed by atoms with van der Waals surface area (Å²) in [5.41, 5.74) is 0.611. The van der Waals surface area contributed by atoms with Gasteiger partial charge in [0.05, 0.1) is 11.4 Å². The fourth-order valence-electron chi connectivity index (χ4n) is 1.51. The molecule has 0 unspecified atom stereocenters. The molecule has 114 valence electrons. The summed E-state index contributed by atoms with van der Waals surface area (Å²) in [5.74, 6) is 0. The van der Waals surface area contributed by atoms with Crippen LogP contribution < -0.4 is 10.0 Å². The van der Waals surface area contributed by atoms with Crippen LogP contribution in [0.25, 0.3) is 0 Å². The first-order valence-electron chi connectivity index (χ1n) is 6.13. The van der Waals surface area contributed by atoms with Gasteiger partial charge in [-0.05, 0) is 36.7 Å². The average molecular weight is 327 g/mol. The van der Waals surface area contributed by atoms with Gasteiger partial charge in [0.25, 0.3) is 6.43 Å². The molecule has 0 fully saturated rings. The first kappa shape index (κ1) is 17.3. The number of hydrogen-bond acceptors (Lipinski definition) is 3. The largest absolute Gasteiger partial charge is 0.313 e. The number of halogens is 3. The second-order valence-corrected chi connectivity index (χ2v) is 6.35. The van der Waals surface area contributed by atoms with Gasteiger partial charge in [-0.15, -0.1) is 0 Å². The number of alkyl halides is 2. The molecule has 1 rings (SSSR count). The van der Waals surface area contributed by atoms with E-state index in [0.717, 1.165) is 13.0 Å². The van der Waals surface area contributed by atoms with Crippen LogP contribution in [-0.2, 0) is 16.6 Å². The lowest BCUT2D eigenvalue weighted by Crippen LogP contribution is -2.28. The lowest BCUT2D eigenvalue weighted by Gasteiger charge is -2.10. The molecule has 4 nitrogen and oxygen atoms in total. The SMILES string of the molecule is CCCNCc1cc(S(=O)(=O)NCC(F)F)ccc1Cl. The third-order valence-corrected chi connectivity index (χ3v) is 4.29. The Morgan fingerprint density at radius 1 is 1.35 bits per heavy atom. The second-order valence-electron chi connectivity index (χ2n) is 4.17. The van der Waals surface area contributed by atoms with Gasteiger partial charge in [0, 0.05) is 11.6 Å². The summed E-state index contributed by atoms with van der Waals surface area (Å²) in [6, 6.07) is 4.12. The Bertz CT molecular complexity index is 538. The molecule has 20 heavy (non-hydrogen) atoms. The molecule has 0 saturated heterocycles. The molecule has 0 saturated carbocycles. The average Bonchev–Trinajstić information content (AvgIpc) is 2.39. The van der Waals surface area contributed by atoms with Crippen molar-refractivity contribution in [2.45, 2.75) is 31.2 Å². The number of sulfonamides is 1. The zero-order chi connectivity index (χ0) is 15.2. The van der Waals surface area contributed by atoms with Gasteiger partial charge in [0.15, 0.2) is 0 Å². The Balaban J connectivity index is 2.87. The highest BCUT2D eigenvalue weighted by Crippen LogP contribution is 2.20. The first-order chi connectivity index (χ1) is 9.36. The third kappa shape index (κ3) is 5.32. The maximum atomic E-state index is 12.1. The molecule has 0 amide bonds. The molecular weight excluding hydrogens is 310 g/mol. The normalized spacial score (nSPS) is 12.1. The molecule has 2 N–H and O–H groups in total. The Morgan fingerprint density at radius 2 is 2.05 bits per heavy atom. The van der Waals surface area contributed by atoms with Crippen LogP contribution >= 0.6 is 11.6 Å². The second kappa shape index (κ2) is 7.87. The van der Waals surface area contributed by atoms with Gasteiger partial charge in [-0.3, -0.25) is 0 Å². The summed E-state index contributed by atoms with van der Waals surface area (Å²) in [6.07, 6.45) is -1.80. The molecule has 1 aromatic carbocycles. The van der Waals surface area contributed by atoms with E-state index in [2.05, 4.69) is 5.32 Å². The molecule has 0 aromatic heterocycles. The van der Waals surface area contributed by atoms with E-state index in [9.17, 15) is 17.2 Å². The Labute approximate surface area is 122 Å². The van der Waals surface area contributed by atoms with Crippen molar-refractivity contribution in [1.82, 2.24) is 10.0 Å². The highest BCUT2D eigenvalue weighted by atomic mass is 35.5. The van der Waals surface area contributed by atoms with Crippen LogP contribution in [-0.4, -0.2) is 27.9 Å². The molecule has 0 spiro atoms. The Morgan fingerprint density at radius 3 is 2.65 bits per heavy atom. The molecule has 0 aliphatic carbocycles. The number of nitrogens with one attached hydrogen (secondary N) is 2. The predicted molar refractivity (Wildman–Crippen MR) is 74.6 cm³/mol. The van der Waals surface area contributed by atoms with Gasteiger partial charge in [-0.2, -0.15) is 0 Å². The van der Waals surface area contributed by atoms with Gasteiger partial charge in [-0.1, -0.05) is 18.5 Å². The van der Waals surface area contributed by atoms with E-state index in [1.165, 1.54) is 18.2 Å². The van der Waals surface area contributed by atoms with Crippen molar-refractivity contribution in [3.8, 4) is 0 Å². The van der Waals surface area contributed by atoms with Gasteiger partial charge in [0.1, 0.15) is 0 Å². The van der Waals surface area contributed by atoms with Crippen LogP contribution in [0, 0.1) is 0 Å². The zero-order valence-corrected chi connectivity index (χ0v) is 12.6. The van der Waals surface area contributed by atoms with Crippen molar-refractivity contribution in [3.63, 3.8) is 0 Å². The fraction of sp³-hybridized carbons (Fsp3) is 0.500. The molecule has 0 radical (unpaired) electrons. The van der Waals surface area contributed by atoms with E-state index in [1.807, 2.05) is 11.6 Å². The molecule has 0 aliphatic heterocycles. The standard InChI is InChI=1S/C12H17ClF2N2O2S/c1-2-5-16-7-9-6-10(3-4-11(9)13)20(18,19)17-8-12(14)15/h3-4,6,12,16-17H,2,5,7-8H2,1H3. The maximum absolute atomic E-state index is 12.1. The van der Waals surface area contributed by atoms with Crippen LogP contribution in [0.4, 0.5) is 8.78 Å². The predicted octanol–water partition coefficient (Wildman–Crippen LogP) is 2.38. The van der Waals surface area contributed by atoms with E-state index in [0.29, 0.717) is 17.1 Å². The van der Waals surface area contributed by atoms with Crippen LogP contribution in [0.3, 0.4) is 0 Å². The zero-order valence-electron chi connectivity index (χ0n) is 11.0. The van der Waals surface area contributed by atoms with Crippen molar-refractivity contribution in [1.29, 1.82) is 0 Å². The van der Waals surface area contributed by atoms with Crippen LogP contribution in [0.15, 0.2) is 23.1 Å². The van der Waals surface area contributed by atoms with Gasteiger partial charge in [-0.25, -0.2) is 21.9 Å². The number of rotatable bonds is 8. The minimum Gasteiger partial charge on any atom is -0.313 e. The summed E-state index contributed by atoms with van der Waals surface area (Å²) < 4.78 is 49.6. The molecule has 0 bridgehead atoms. The van der Waals surface area contributed by atoms with Gasteiger partial charge in [0.2, 0.25) is 10.0 Å². The van der Waals surface area contributed by atoms with Crippen LogP contribution in [0.5, 0.6) is 0 Å². The van der Waals surface area contributed by atoms with Crippen molar-refractivity contribution in [2.24, 2.45) is 0 Å². The minimum absolute atomic E-state index is 0.0733. The summed E-state index contributed by atoms with van der Waals surface area (Å²) in [5, 5.41) is 3.53. The van der Waals surface area contributed by atoms with E-state index >= 15 is 0 Å². The molecule has 8 heteroatoms. The van der Waals surface area contributed by atoms with E-state index in [4.69, 9.17) is 11.6 Å². The quantitative estimate of drug-likeness (QED) is 0.721. The molecule has 1 aromatic rings. The summed E-state index contributed by atoms with van der Waals surface area (Å²) >= 11 is 5.98. The van der Waals surface area contributed by atoms with Gasteiger partial charge < -0.3 is 5.32 Å². The first-order valence-corrected chi connectivity index (χ1v) is 8.00. The molecule has 0 heterocycles. The molecule has 0 aliphatic rings. The third-order valence-electron chi connectivity index (χ3n) is 2.50. The van der Waals surface area contributed by atoms with Crippen molar-refractivity contribution < 1.29 is 17.2 Å². The van der Waals surface area contributed by atoms with Crippen LogP contribution in [0.1, 0.15) is 18.9 Å².